The molecule has 0 heterocycles. The molecule has 0 spiro atoms. The largest absolute Gasteiger partial charge is 0.444 e. The van der Waals surface area contributed by atoms with Crippen LogP contribution in [0, 0.1) is 0 Å². The highest BCUT2D eigenvalue weighted by Crippen LogP contribution is 2.32. The highest BCUT2D eigenvalue weighted by Gasteiger charge is 2.32. The fourth-order valence-corrected chi connectivity index (χ4v) is 2.62. The molecule has 16 heavy (non-hydrogen) atoms. The Kier molecular flexibility index (Phi) is 4.24. The molecule has 0 aromatic heterocycles. The predicted octanol–water partition coefficient (Wildman–Crippen LogP) is 2.32. The lowest BCUT2D eigenvalue weighted by molar-refractivity contribution is -0.109. The molecular weight excluding hydrogens is 226 g/mol. The van der Waals surface area contributed by atoms with Gasteiger partial charge in [0, 0.05) is 18.2 Å². The Labute approximate surface area is 100 Å². The number of hydrogen-bond acceptors (Lipinski definition) is 4. The molecule has 1 aliphatic carbocycles. The van der Waals surface area contributed by atoms with Crippen molar-refractivity contribution in [3.05, 3.63) is 0 Å². The highest BCUT2D eigenvalue weighted by atomic mass is 32.2. The summed E-state index contributed by atoms with van der Waals surface area (Å²) in [5.41, 5.74) is -0.457. The third-order valence-electron chi connectivity index (χ3n) is 2.15. The summed E-state index contributed by atoms with van der Waals surface area (Å²) in [7, 11) is 0. The number of ether oxygens (including phenoxy) is 1. The van der Waals surface area contributed by atoms with Crippen LogP contribution < -0.4 is 5.32 Å². The molecule has 5 heteroatoms. The maximum atomic E-state index is 11.4. The molecule has 0 aromatic rings. The molecule has 92 valence electrons. The minimum atomic E-state index is -0.457. The van der Waals surface area contributed by atoms with Crippen molar-refractivity contribution in [2.24, 2.45) is 0 Å². The van der Waals surface area contributed by atoms with Gasteiger partial charge in [-0.3, -0.25) is 4.79 Å². The fraction of sp³-hybridized carbons (Fsp3) is 0.818. The van der Waals surface area contributed by atoms with Crippen LogP contribution in [0.5, 0.6) is 0 Å². The molecule has 1 aliphatic rings. The second-order valence-electron chi connectivity index (χ2n) is 5.05. The summed E-state index contributed by atoms with van der Waals surface area (Å²) in [4.78, 5) is 22.2. The van der Waals surface area contributed by atoms with E-state index in [-0.39, 0.29) is 17.3 Å². The summed E-state index contributed by atoms with van der Waals surface area (Å²) >= 11 is 1.35. The van der Waals surface area contributed by atoms with Crippen LogP contribution in [0.2, 0.25) is 0 Å². The van der Waals surface area contributed by atoms with E-state index in [0.717, 1.165) is 12.8 Å². The quantitative estimate of drug-likeness (QED) is 0.811. The molecule has 1 fully saturated rings. The molecule has 0 bridgehead atoms. The summed E-state index contributed by atoms with van der Waals surface area (Å²) < 4.78 is 5.14. The van der Waals surface area contributed by atoms with Crippen LogP contribution in [0.25, 0.3) is 0 Å². The van der Waals surface area contributed by atoms with Crippen LogP contribution in [0.4, 0.5) is 4.79 Å². The first-order chi connectivity index (χ1) is 7.26. The number of alkyl carbamates (subject to hydrolysis) is 1. The van der Waals surface area contributed by atoms with E-state index in [4.69, 9.17) is 4.74 Å². The minimum Gasteiger partial charge on any atom is -0.444 e. The predicted molar refractivity (Wildman–Crippen MR) is 64.5 cm³/mol. The molecule has 0 unspecified atom stereocenters. The molecule has 1 saturated carbocycles. The van der Waals surface area contributed by atoms with E-state index in [0.29, 0.717) is 5.25 Å². The summed E-state index contributed by atoms with van der Waals surface area (Å²) in [6, 6.07) is 0.159. The molecule has 0 radical (unpaired) electrons. The Morgan fingerprint density at radius 1 is 1.31 bits per heavy atom. The van der Waals surface area contributed by atoms with Gasteiger partial charge in [-0.25, -0.2) is 4.79 Å². The molecule has 0 saturated heterocycles. The van der Waals surface area contributed by atoms with Crippen molar-refractivity contribution in [1.29, 1.82) is 0 Å². The van der Waals surface area contributed by atoms with E-state index in [1.54, 1.807) is 6.92 Å². The van der Waals surface area contributed by atoms with Gasteiger partial charge < -0.3 is 10.1 Å². The van der Waals surface area contributed by atoms with Gasteiger partial charge in [0.15, 0.2) is 5.12 Å². The Bertz CT molecular complexity index is 279. The van der Waals surface area contributed by atoms with Gasteiger partial charge in [-0.15, -0.1) is 0 Å². The third kappa shape index (κ3) is 4.88. The number of carbonyl (C=O) groups is 2. The molecule has 4 nitrogen and oxygen atoms in total. The highest BCUT2D eigenvalue weighted by molar-refractivity contribution is 8.14. The van der Waals surface area contributed by atoms with Crippen LogP contribution in [0.3, 0.4) is 0 Å². The van der Waals surface area contributed by atoms with E-state index in [1.807, 2.05) is 20.8 Å². The van der Waals surface area contributed by atoms with E-state index in [9.17, 15) is 9.59 Å². The normalized spacial score (nSPS) is 24.5. The summed E-state index contributed by atoms with van der Waals surface area (Å²) in [5, 5.41) is 3.29. The zero-order valence-electron chi connectivity index (χ0n) is 10.2. The van der Waals surface area contributed by atoms with E-state index < -0.39 is 5.60 Å². The van der Waals surface area contributed by atoms with Crippen LogP contribution in [0.1, 0.15) is 40.5 Å². The lowest BCUT2D eigenvalue weighted by Crippen LogP contribution is -2.47. The smallest absolute Gasteiger partial charge is 0.407 e. The first-order valence-corrected chi connectivity index (χ1v) is 6.31. The maximum Gasteiger partial charge on any atom is 0.407 e. The zero-order chi connectivity index (χ0) is 12.3. The van der Waals surface area contributed by atoms with Gasteiger partial charge in [0.1, 0.15) is 5.60 Å². The Morgan fingerprint density at radius 3 is 2.31 bits per heavy atom. The van der Waals surface area contributed by atoms with Crippen molar-refractivity contribution in [3.63, 3.8) is 0 Å². The first kappa shape index (κ1) is 13.4. The summed E-state index contributed by atoms with van der Waals surface area (Å²) in [5.74, 6) is 0. The van der Waals surface area contributed by atoms with Crippen molar-refractivity contribution >= 4 is 23.0 Å². The van der Waals surface area contributed by atoms with Gasteiger partial charge in [0.05, 0.1) is 0 Å². The number of thioether (sulfide) groups is 1. The Hall–Kier alpha value is -0.710. The average Bonchev–Trinajstić information content (AvgIpc) is 1.95. The fourth-order valence-electron chi connectivity index (χ4n) is 1.49. The zero-order valence-corrected chi connectivity index (χ0v) is 11.0. The van der Waals surface area contributed by atoms with Gasteiger partial charge in [0.2, 0.25) is 0 Å². The van der Waals surface area contributed by atoms with E-state index >= 15 is 0 Å². The van der Waals surface area contributed by atoms with E-state index in [2.05, 4.69) is 5.32 Å². The molecule has 1 N–H and O–H groups in total. The molecule has 0 aliphatic heterocycles. The molecule has 1 amide bonds. The van der Waals surface area contributed by atoms with E-state index in [1.165, 1.54) is 11.8 Å². The van der Waals surface area contributed by atoms with Crippen molar-refractivity contribution in [1.82, 2.24) is 5.32 Å². The summed E-state index contributed by atoms with van der Waals surface area (Å²) in [6.45, 7) is 7.07. The Morgan fingerprint density at radius 2 is 1.88 bits per heavy atom. The standard InChI is InChI=1S/C11H19NO3S/c1-7(13)16-9-5-8(6-9)12-10(14)15-11(2,3)4/h8-9H,5-6H2,1-4H3,(H,12,14)/t8-,9+. The molecule has 0 atom stereocenters. The Balaban J connectivity index is 2.17. The third-order valence-corrected chi connectivity index (χ3v) is 3.20. The SMILES string of the molecule is CC(=O)S[C@H]1C[C@@H](NC(=O)OC(C)(C)C)C1. The lowest BCUT2D eigenvalue weighted by Gasteiger charge is -2.35. The van der Waals surface area contributed by atoms with Gasteiger partial charge >= 0.3 is 6.09 Å². The number of rotatable bonds is 2. The first-order valence-electron chi connectivity index (χ1n) is 5.43. The van der Waals surface area contributed by atoms with Gasteiger partial charge in [-0.1, -0.05) is 11.8 Å². The molecular formula is C11H19NO3S. The number of nitrogens with one attached hydrogen (secondary N) is 1. The second-order valence-corrected chi connectivity index (χ2v) is 6.52. The van der Waals surface area contributed by atoms with Crippen molar-refractivity contribution < 1.29 is 14.3 Å². The van der Waals surface area contributed by atoms with Gasteiger partial charge in [-0.2, -0.15) is 0 Å². The number of carbonyl (C=O) groups excluding carboxylic acids is 2. The van der Waals surface area contributed by atoms with Crippen LogP contribution in [-0.4, -0.2) is 28.1 Å². The van der Waals surface area contributed by atoms with Crippen molar-refractivity contribution in [2.45, 2.75) is 57.4 Å². The number of hydrogen-bond donors (Lipinski definition) is 1. The van der Waals surface area contributed by atoms with Crippen molar-refractivity contribution in [3.8, 4) is 0 Å². The van der Waals surface area contributed by atoms with Gasteiger partial charge in [-0.05, 0) is 33.6 Å². The monoisotopic (exact) mass is 245 g/mol. The molecule has 0 aromatic carbocycles. The van der Waals surface area contributed by atoms with Crippen LogP contribution in [-0.2, 0) is 9.53 Å². The summed E-state index contributed by atoms with van der Waals surface area (Å²) in [6.07, 6.45) is 1.33. The van der Waals surface area contributed by atoms with Crippen LogP contribution in [0.15, 0.2) is 0 Å². The average molecular weight is 245 g/mol. The maximum absolute atomic E-state index is 11.4. The minimum absolute atomic E-state index is 0.140. The number of amides is 1. The van der Waals surface area contributed by atoms with Gasteiger partial charge in [0.25, 0.3) is 0 Å². The van der Waals surface area contributed by atoms with Crippen molar-refractivity contribution in [2.75, 3.05) is 0 Å². The second kappa shape index (κ2) is 5.08. The molecule has 1 rings (SSSR count). The lowest BCUT2D eigenvalue weighted by atomic mass is 9.92. The topological polar surface area (TPSA) is 55.4 Å². The van der Waals surface area contributed by atoms with Crippen LogP contribution >= 0.6 is 11.8 Å².